The Morgan fingerprint density at radius 1 is 1.25 bits per heavy atom. The summed E-state index contributed by atoms with van der Waals surface area (Å²) >= 11 is 0. The third-order valence-electron chi connectivity index (χ3n) is 2.29. The number of methoxy groups -OCH3 is 1. The lowest BCUT2D eigenvalue weighted by Crippen LogP contribution is -1.93. The predicted molar refractivity (Wildman–Crippen MR) is 58.7 cm³/mol. The second-order valence-electron chi connectivity index (χ2n) is 3.41. The smallest absolute Gasteiger partial charge is 0.232 e. The molecule has 3 nitrogen and oxygen atoms in total. The van der Waals surface area contributed by atoms with Crippen LogP contribution in [0, 0.1) is 12.7 Å². The molecule has 4 heteroatoms. The predicted octanol–water partition coefficient (Wildman–Crippen LogP) is 2.60. The van der Waals surface area contributed by atoms with E-state index in [1.54, 1.807) is 12.3 Å². The van der Waals surface area contributed by atoms with Gasteiger partial charge in [0.1, 0.15) is 5.82 Å². The molecule has 2 rings (SSSR count). The lowest BCUT2D eigenvalue weighted by atomic mass is 10.1. The van der Waals surface area contributed by atoms with Gasteiger partial charge in [0.05, 0.1) is 25.2 Å². The van der Waals surface area contributed by atoms with Gasteiger partial charge in [-0.25, -0.2) is 9.37 Å². The van der Waals surface area contributed by atoms with Crippen LogP contribution < -0.4 is 4.74 Å². The maximum absolute atomic E-state index is 12.9. The van der Waals surface area contributed by atoms with Gasteiger partial charge in [0.15, 0.2) is 0 Å². The van der Waals surface area contributed by atoms with Gasteiger partial charge in [-0.2, -0.15) is 0 Å². The van der Waals surface area contributed by atoms with E-state index in [2.05, 4.69) is 9.97 Å². The van der Waals surface area contributed by atoms with Crippen molar-refractivity contribution >= 4 is 0 Å². The van der Waals surface area contributed by atoms with Crippen LogP contribution in [0.2, 0.25) is 0 Å². The molecule has 0 N–H and O–H groups in total. The van der Waals surface area contributed by atoms with E-state index in [9.17, 15) is 4.39 Å². The molecule has 0 atom stereocenters. The zero-order valence-corrected chi connectivity index (χ0v) is 9.07. The molecular formula is C12H11FN2O. The summed E-state index contributed by atoms with van der Waals surface area (Å²) in [5, 5.41) is 0. The van der Waals surface area contributed by atoms with Gasteiger partial charge in [-0.05, 0) is 30.7 Å². The summed E-state index contributed by atoms with van der Waals surface area (Å²) in [4.78, 5) is 8.26. The molecule has 1 aromatic heterocycles. The van der Waals surface area contributed by atoms with Gasteiger partial charge in [0.2, 0.25) is 5.88 Å². The number of rotatable bonds is 2. The van der Waals surface area contributed by atoms with Crippen LogP contribution in [0.3, 0.4) is 0 Å². The molecule has 2 aromatic rings. The van der Waals surface area contributed by atoms with Crippen molar-refractivity contribution in [2.45, 2.75) is 6.92 Å². The van der Waals surface area contributed by atoms with Crippen LogP contribution >= 0.6 is 0 Å². The van der Waals surface area contributed by atoms with E-state index >= 15 is 0 Å². The largest absolute Gasteiger partial charge is 0.480 e. The molecule has 16 heavy (non-hydrogen) atoms. The van der Waals surface area contributed by atoms with Gasteiger partial charge in [-0.15, -0.1) is 0 Å². The monoisotopic (exact) mass is 218 g/mol. The molecule has 0 fully saturated rings. The van der Waals surface area contributed by atoms with Crippen LogP contribution in [0.4, 0.5) is 4.39 Å². The normalized spacial score (nSPS) is 10.2. The van der Waals surface area contributed by atoms with E-state index < -0.39 is 0 Å². The standard InChI is InChI=1S/C12H11FN2O/c1-8-5-9(13)3-4-10(8)11-6-14-7-12(15-11)16-2/h3-7H,1-2H3. The van der Waals surface area contributed by atoms with E-state index in [1.165, 1.54) is 25.4 Å². The third-order valence-corrected chi connectivity index (χ3v) is 2.29. The molecule has 0 spiro atoms. The first-order valence-electron chi connectivity index (χ1n) is 4.83. The zero-order valence-electron chi connectivity index (χ0n) is 9.07. The molecule has 82 valence electrons. The number of halogens is 1. The highest BCUT2D eigenvalue weighted by Gasteiger charge is 2.06. The van der Waals surface area contributed by atoms with Crippen molar-refractivity contribution in [3.05, 3.63) is 42.0 Å². The maximum Gasteiger partial charge on any atom is 0.232 e. The van der Waals surface area contributed by atoms with Crippen molar-refractivity contribution in [3.8, 4) is 17.1 Å². The summed E-state index contributed by atoms with van der Waals surface area (Å²) in [6, 6.07) is 4.56. The Balaban J connectivity index is 2.49. The molecule has 0 radical (unpaired) electrons. The molecule has 0 aliphatic carbocycles. The van der Waals surface area contributed by atoms with Crippen molar-refractivity contribution in [1.29, 1.82) is 0 Å². The molecule has 0 saturated carbocycles. The van der Waals surface area contributed by atoms with Crippen molar-refractivity contribution in [2.75, 3.05) is 7.11 Å². The Morgan fingerprint density at radius 2 is 2.06 bits per heavy atom. The molecule has 0 bridgehead atoms. The van der Waals surface area contributed by atoms with E-state index in [0.29, 0.717) is 11.6 Å². The molecule has 1 heterocycles. The fourth-order valence-corrected chi connectivity index (χ4v) is 1.49. The van der Waals surface area contributed by atoms with Gasteiger partial charge >= 0.3 is 0 Å². The van der Waals surface area contributed by atoms with E-state index in [4.69, 9.17) is 4.74 Å². The summed E-state index contributed by atoms with van der Waals surface area (Å²) in [6.45, 7) is 1.83. The molecule has 0 aliphatic rings. The van der Waals surface area contributed by atoms with Crippen LogP contribution in [-0.4, -0.2) is 17.1 Å². The first kappa shape index (κ1) is 10.5. The average Bonchev–Trinajstić information content (AvgIpc) is 2.29. The number of nitrogens with zero attached hydrogens (tertiary/aromatic N) is 2. The summed E-state index contributed by atoms with van der Waals surface area (Å²) in [5.41, 5.74) is 2.35. The van der Waals surface area contributed by atoms with Gasteiger partial charge in [0, 0.05) is 5.56 Å². The Hall–Kier alpha value is -1.97. The summed E-state index contributed by atoms with van der Waals surface area (Å²) in [5.74, 6) is 0.193. The fourth-order valence-electron chi connectivity index (χ4n) is 1.49. The topological polar surface area (TPSA) is 35.0 Å². The molecule has 0 amide bonds. The van der Waals surface area contributed by atoms with Crippen LogP contribution in [0.15, 0.2) is 30.6 Å². The van der Waals surface area contributed by atoms with Gasteiger partial charge in [-0.1, -0.05) is 0 Å². The molecule has 0 saturated heterocycles. The van der Waals surface area contributed by atoms with Crippen LogP contribution in [0.1, 0.15) is 5.56 Å². The van der Waals surface area contributed by atoms with Crippen LogP contribution in [-0.2, 0) is 0 Å². The Kier molecular flexibility index (Phi) is 2.81. The Labute approximate surface area is 92.9 Å². The summed E-state index contributed by atoms with van der Waals surface area (Å²) in [7, 11) is 1.53. The van der Waals surface area contributed by atoms with Gasteiger partial charge in [0.25, 0.3) is 0 Å². The molecular weight excluding hydrogens is 207 g/mol. The summed E-state index contributed by atoms with van der Waals surface area (Å²) in [6.07, 6.45) is 3.16. The lowest BCUT2D eigenvalue weighted by Gasteiger charge is -2.06. The highest BCUT2D eigenvalue weighted by molar-refractivity contribution is 5.62. The maximum atomic E-state index is 12.9. The van der Waals surface area contributed by atoms with Gasteiger partial charge in [-0.3, -0.25) is 4.98 Å². The van der Waals surface area contributed by atoms with Crippen molar-refractivity contribution in [3.63, 3.8) is 0 Å². The lowest BCUT2D eigenvalue weighted by molar-refractivity contribution is 0.396. The highest BCUT2D eigenvalue weighted by Crippen LogP contribution is 2.22. The number of aryl methyl sites for hydroxylation is 1. The van der Waals surface area contributed by atoms with Crippen molar-refractivity contribution < 1.29 is 9.13 Å². The molecule has 0 unspecified atom stereocenters. The molecule has 1 aromatic carbocycles. The second kappa shape index (κ2) is 4.26. The first-order valence-corrected chi connectivity index (χ1v) is 4.83. The number of hydrogen-bond acceptors (Lipinski definition) is 3. The number of ether oxygens (including phenoxy) is 1. The van der Waals surface area contributed by atoms with E-state index in [-0.39, 0.29) is 5.82 Å². The highest BCUT2D eigenvalue weighted by atomic mass is 19.1. The second-order valence-corrected chi connectivity index (χ2v) is 3.41. The summed E-state index contributed by atoms with van der Waals surface area (Å²) < 4.78 is 17.9. The van der Waals surface area contributed by atoms with Crippen LogP contribution in [0.5, 0.6) is 5.88 Å². The third kappa shape index (κ3) is 2.00. The fraction of sp³-hybridized carbons (Fsp3) is 0.167. The van der Waals surface area contributed by atoms with E-state index in [0.717, 1.165) is 11.1 Å². The minimum absolute atomic E-state index is 0.253. The van der Waals surface area contributed by atoms with E-state index in [1.807, 2.05) is 6.92 Å². The zero-order chi connectivity index (χ0) is 11.5. The Bertz CT molecular complexity index is 514. The number of hydrogen-bond donors (Lipinski definition) is 0. The first-order chi connectivity index (χ1) is 7.70. The number of aromatic nitrogens is 2. The quantitative estimate of drug-likeness (QED) is 0.777. The van der Waals surface area contributed by atoms with Gasteiger partial charge < -0.3 is 4.74 Å². The van der Waals surface area contributed by atoms with Crippen molar-refractivity contribution in [1.82, 2.24) is 9.97 Å². The SMILES string of the molecule is COc1cncc(-c2ccc(F)cc2C)n1. The molecule has 0 aliphatic heterocycles. The van der Waals surface area contributed by atoms with Crippen LogP contribution in [0.25, 0.3) is 11.3 Å². The minimum atomic E-state index is -0.253. The van der Waals surface area contributed by atoms with Crippen molar-refractivity contribution in [2.24, 2.45) is 0 Å². The average molecular weight is 218 g/mol. The minimum Gasteiger partial charge on any atom is -0.480 e. The Morgan fingerprint density at radius 3 is 2.75 bits per heavy atom. The number of benzene rings is 1.